The van der Waals surface area contributed by atoms with Crippen LogP contribution >= 0.6 is 46.3 Å². The molecule has 5 aromatic rings. The predicted molar refractivity (Wildman–Crippen MR) is 190 cm³/mol. The third-order valence-electron chi connectivity index (χ3n) is 6.63. The fraction of sp³-hybridized carbons (Fsp3) is 0.0857. The zero-order valence-electron chi connectivity index (χ0n) is 24.5. The second-order valence-electron chi connectivity index (χ2n) is 9.93. The summed E-state index contributed by atoms with van der Waals surface area (Å²) in [5.41, 5.74) is 3.15. The highest BCUT2D eigenvalue weighted by Gasteiger charge is 2.21. The topological polar surface area (TPSA) is 100 Å². The summed E-state index contributed by atoms with van der Waals surface area (Å²) in [6.45, 7) is 1.94. The van der Waals surface area contributed by atoms with Gasteiger partial charge in [0.05, 0.1) is 10.9 Å². The Balaban J connectivity index is 1.29. The molecule has 1 aromatic heterocycles. The van der Waals surface area contributed by atoms with Crippen molar-refractivity contribution in [3.63, 3.8) is 0 Å². The highest BCUT2D eigenvalue weighted by atomic mass is 35.5. The molecule has 11 heteroatoms. The Morgan fingerprint density at radius 1 is 0.891 bits per heavy atom. The van der Waals surface area contributed by atoms with E-state index in [4.69, 9.17) is 23.2 Å². The molecule has 0 aliphatic heterocycles. The lowest BCUT2D eigenvalue weighted by atomic mass is 10.1. The predicted octanol–water partition coefficient (Wildman–Crippen LogP) is 9.04. The number of thioether (sulfide) groups is 1. The maximum absolute atomic E-state index is 13.5. The highest BCUT2D eigenvalue weighted by molar-refractivity contribution is 8.00. The van der Waals surface area contributed by atoms with Crippen molar-refractivity contribution in [2.75, 3.05) is 10.6 Å². The molecule has 3 amide bonds. The van der Waals surface area contributed by atoms with Gasteiger partial charge in [0.2, 0.25) is 5.91 Å². The Kier molecular flexibility index (Phi) is 11.3. The van der Waals surface area contributed by atoms with Gasteiger partial charge in [-0.3, -0.25) is 14.4 Å². The molecule has 0 saturated carbocycles. The largest absolute Gasteiger partial charge is 0.321 e. The van der Waals surface area contributed by atoms with Gasteiger partial charge < -0.3 is 16.0 Å². The molecule has 232 valence electrons. The zero-order chi connectivity index (χ0) is 32.5. The van der Waals surface area contributed by atoms with Crippen LogP contribution in [0.25, 0.3) is 17.3 Å². The van der Waals surface area contributed by atoms with Crippen LogP contribution in [0.4, 0.5) is 10.8 Å². The number of hydrogen-bond acceptors (Lipinski definition) is 6. The first-order valence-corrected chi connectivity index (χ1v) is 16.7. The average Bonchev–Trinajstić information content (AvgIpc) is 3.53. The number of carbonyl (C=O) groups excluding carboxylic acids is 3. The fourth-order valence-electron chi connectivity index (χ4n) is 4.31. The summed E-state index contributed by atoms with van der Waals surface area (Å²) >= 11 is 15.2. The monoisotopic (exact) mass is 686 g/mol. The molecule has 0 spiro atoms. The van der Waals surface area contributed by atoms with Gasteiger partial charge in [-0.15, -0.1) is 23.1 Å². The van der Waals surface area contributed by atoms with Crippen LogP contribution in [0, 0.1) is 0 Å². The minimum absolute atomic E-state index is 0.0136. The molecule has 1 heterocycles. The number of amides is 3. The van der Waals surface area contributed by atoms with Crippen LogP contribution in [0.5, 0.6) is 0 Å². The third-order valence-corrected chi connectivity index (χ3v) is 9.31. The summed E-state index contributed by atoms with van der Waals surface area (Å²) in [6.07, 6.45) is 2.07. The van der Waals surface area contributed by atoms with Crippen molar-refractivity contribution in [1.82, 2.24) is 10.3 Å². The molecule has 0 fully saturated rings. The van der Waals surface area contributed by atoms with Crippen LogP contribution in [0.15, 0.2) is 119 Å². The average molecular weight is 688 g/mol. The Bertz CT molecular complexity index is 1880. The number of thiazole rings is 1. The summed E-state index contributed by atoms with van der Waals surface area (Å²) in [7, 11) is 0. The minimum Gasteiger partial charge on any atom is -0.321 e. The van der Waals surface area contributed by atoms with Crippen LogP contribution in [0.2, 0.25) is 10.0 Å². The van der Waals surface area contributed by atoms with E-state index >= 15 is 0 Å². The molecule has 4 aromatic carbocycles. The van der Waals surface area contributed by atoms with Gasteiger partial charge in [-0.05, 0) is 60.5 Å². The molecular formula is C35H28Cl2N4O3S2. The van der Waals surface area contributed by atoms with Gasteiger partial charge in [-0.1, -0.05) is 90.8 Å². The molecule has 3 N–H and O–H groups in total. The van der Waals surface area contributed by atoms with Crippen molar-refractivity contribution in [3.05, 3.63) is 135 Å². The summed E-state index contributed by atoms with van der Waals surface area (Å²) in [5.74, 6) is -1.17. The van der Waals surface area contributed by atoms with E-state index < -0.39 is 17.1 Å². The van der Waals surface area contributed by atoms with Crippen molar-refractivity contribution < 1.29 is 14.4 Å². The lowest BCUT2D eigenvalue weighted by molar-refractivity contribution is -0.116. The van der Waals surface area contributed by atoms with E-state index in [0.29, 0.717) is 38.4 Å². The smallest absolute Gasteiger partial charge is 0.272 e. The molecule has 0 bridgehead atoms. The van der Waals surface area contributed by atoms with Crippen molar-refractivity contribution in [2.45, 2.75) is 23.5 Å². The number of benzene rings is 4. The number of anilines is 2. The Labute approximate surface area is 285 Å². The normalized spacial score (nSPS) is 11.8. The van der Waals surface area contributed by atoms with Crippen molar-refractivity contribution >= 4 is 80.9 Å². The number of hydrogen-bond donors (Lipinski definition) is 3. The Morgan fingerprint density at radius 3 is 2.35 bits per heavy atom. The number of nitrogens with one attached hydrogen (secondary N) is 3. The quantitative estimate of drug-likeness (QED) is 0.0951. The fourth-order valence-corrected chi connectivity index (χ4v) is 6.51. The zero-order valence-corrected chi connectivity index (χ0v) is 27.6. The lowest BCUT2D eigenvalue weighted by Gasteiger charge is -2.15. The number of rotatable bonds is 11. The first kappa shape index (κ1) is 33.0. The van der Waals surface area contributed by atoms with Gasteiger partial charge in [0.1, 0.15) is 5.70 Å². The van der Waals surface area contributed by atoms with Crippen LogP contribution in [-0.4, -0.2) is 28.0 Å². The molecule has 1 atom stereocenters. The maximum atomic E-state index is 13.5. The number of nitrogens with zero attached hydrogens (tertiary/aromatic N) is 1. The van der Waals surface area contributed by atoms with Crippen LogP contribution in [0.1, 0.15) is 29.3 Å². The molecule has 1 unspecified atom stereocenters. The van der Waals surface area contributed by atoms with Gasteiger partial charge in [-0.2, -0.15) is 0 Å². The molecule has 7 nitrogen and oxygen atoms in total. The third kappa shape index (κ3) is 8.86. The van der Waals surface area contributed by atoms with Gasteiger partial charge in [-0.25, -0.2) is 4.98 Å². The SMILES string of the molecule is CCC(Sc1cccc(NC(=O)/C(=C\c2ccc(Cl)cc2Cl)NC(=O)c2ccccc2)c1)C(=O)Nc1nc(-c2ccccc2)cs1. The maximum Gasteiger partial charge on any atom is 0.272 e. The van der Waals surface area contributed by atoms with E-state index in [1.165, 1.54) is 29.2 Å². The Morgan fingerprint density at radius 2 is 1.63 bits per heavy atom. The molecule has 0 aliphatic rings. The number of halogens is 2. The molecule has 0 aliphatic carbocycles. The first-order chi connectivity index (χ1) is 22.3. The summed E-state index contributed by atoms with van der Waals surface area (Å²) in [4.78, 5) is 45.0. The Hall–Kier alpha value is -4.41. The molecule has 0 saturated heterocycles. The minimum atomic E-state index is -0.555. The van der Waals surface area contributed by atoms with E-state index in [1.807, 2.05) is 48.7 Å². The number of aromatic nitrogens is 1. The van der Waals surface area contributed by atoms with E-state index in [0.717, 1.165) is 16.2 Å². The van der Waals surface area contributed by atoms with Gasteiger partial charge >= 0.3 is 0 Å². The van der Waals surface area contributed by atoms with E-state index in [2.05, 4.69) is 20.9 Å². The van der Waals surface area contributed by atoms with Crippen molar-refractivity contribution in [1.29, 1.82) is 0 Å². The van der Waals surface area contributed by atoms with Crippen LogP contribution in [-0.2, 0) is 9.59 Å². The second-order valence-corrected chi connectivity index (χ2v) is 12.9. The van der Waals surface area contributed by atoms with E-state index in [9.17, 15) is 14.4 Å². The van der Waals surface area contributed by atoms with E-state index in [-0.39, 0.29) is 11.6 Å². The number of carbonyl (C=O) groups is 3. The summed E-state index contributed by atoms with van der Waals surface area (Å²) in [6, 6.07) is 30.4. The second kappa shape index (κ2) is 15.7. The highest BCUT2D eigenvalue weighted by Crippen LogP contribution is 2.30. The van der Waals surface area contributed by atoms with E-state index in [1.54, 1.807) is 66.7 Å². The molecule has 5 rings (SSSR count). The summed E-state index contributed by atoms with van der Waals surface area (Å²) in [5, 5.41) is 11.3. The van der Waals surface area contributed by atoms with Crippen molar-refractivity contribution in [2.24, 2.45) is 0 Å². The van der Waals surface area contributed by atoms with Gasteiger partial charge in [0.25, 0.3) is 11.8 Å². The van der Waals surface area contributed by atoms with Crippen LogP contribution < -0.4 is 16.0 Å². The summed E-state index contributed by atoms with van der Waals surface area (Å²) < 4.78 is 0. The van der Waals surface area contributed by atoms with Crippen LogP contribution in [0.3, 0.4) is 0 Å². The molecular weight excluding hydrogens is 659 g/mol. The standard InChI is InChI=1S/C35H28Cl2N4O3S2/c1-2-31(34(44)41-35-40-30(21-45-35)22-10-5-3-6-11-22)46-27-15-9-14-26(20-27)38-33(43)29(18-24-16-17-25(36)19-28(24)37)39-32(42)23-12-7-4-8-13-23/h3-21,31H,2H2,1H3,(H,38,43)(H,39,42)(H,40,41,44)/b29-18+. The lowest BCUT2D eigenvalue weighted by Crippen LogP contribution is -2.30. The molecule has 0 radical (unpaired) electrons. The molecule has 46 heavy (non-hydrogen) atoms. The first-order valence-electron chi connectivity index (χ1n) is 14.2. The van der Waals surface area contributed by atoms with Crippen molar-refractivity contribution in [3.8, 4) is 11.3 Å². The van der Waals surface area contributed by atoms with Gasteiger partial charge in [0.15, 0.2) is 5.13 Å². The van der Waals surface area contributed by atoms with Gasteiger partial charge in [0, 0.05) is 37.1 Å².